The van der Waals surface area contributed by atoms with E-state index in [1.54, 1.807) is 0 Å². The lowest BCUT2D eigenvalue weighted by Crippen LogP contribution is -2.35. The summed E-state index contributed by atoms with van der Waals surface area (Å²) in [7, 11) is 2.07. The molecule has 0 atom stereocenters. The molecule has 32 heavy (non-hydrogen) atoms. The van der Waals surface area contributed by atoms with Crippen molar-refractivity contribution in [1.29, 1.82) is 0 Å². The van der Waals surface area contributed by atoms with Crippen LogP contribution in [-0.4, -0.2) is 56.6 Å². The number of likely N-dealkylation sites (N-methyl/N-ethyl adjacent to an activating group) is 1. The molecule has 0 unspecified atom stereocenters. The minimum atomic E-state index is -0.597. The largest absolute Gasteiger partial charge is 0.367 e. The first-order valence-electron chi connectivity index (χ1n) is 10.7. The van der Waals surface area contributed by atoms with Crippen molar-refractivity contribution in [2.75, 3.05) is 36.1 Å². The minimum absolute atomic E-state index is 0.0622. The van der Waals surface area contributed by atoms with Crippen LogP contribution in [0.3, 0.4) is 0 Å². The van der Waals surface area contributed by atoms with Crippen LogP contribution in [-0.2, 0) is 13.1 Å². The van der Waals surface area contributed by atoms with Crippen LogP contribution in [0.15, 0.2) is 29.3 Å². The van der Waals surface area contributed by atoms with E-state index in [2.05, 4.69) is 51.1 Å². The molecular weight excluding hydrogens is 432 g/mol. The second-order valence-electron chi connectivity index (χ2n) is 8.44. The Morgan fingerprint density at radius 1 is 1.09 bits per heavy atom. The van der Waals surface area contributed by atoms with Gasteiger partial charge in [-0.3, -0.25) is 9.58 Å². The second-order valence-corrected chi connectivity index (χ2v) is 9.54. The van der Waals surface area contributed by atoms with Crippen molar-refractivity contribution >= 4 is 29.2 Å². The Hall–Kier alpha value is -2.72. The predicted molar refractivity (Wildman–Crippen MR) is 122 cm³/mol. The number of benzene rings is 1. The average molecular weight is 458 g/mol. The van der Waals surface area contributed by atoms with Gasteiger partial charge in [0.2, 0.25) is 5.95 Å². The molecule has 2 aliphatic heterocycles. The first-order valence-corrected chi connectivity index (χ1v) is 11.7. The van der Waals surface area contributed by atoms with Crippen molar-refractivity contribution < 1.29 is 8.78 Å². The number of thioether (sulfide) groups is 1. The minimum Gasteiger partial charge on any atom is -0.367 e. The number of hydrogen-bond acceptors (Lipinski definition) is 7. The van der Waals surface area contributed by atoms with Crippen LogP contribution >= 0.6 is 11.8 Å². The highest BCUT2D eigenvalue weighted by molar-refractivity contribution is 7.99. The Balaban J connectivity index is 1.48. The lowest BCUT2D eigenvalue weighted by Gasteiger charge is -2.34. The van der Waals surface area contributed by atoms with Gasteiger partial charge in [-0.1, -0.05) is 0 Å². The maximum atomic E-state index is 15.0. The fourth-order valence-electron chi connectivity index (χ4n) is 4.18. The number of aromatic nitrogens is 4. The van der Waals surface area contributed by atoms with Gasteiger partial charge in [0.05, 0.1) is 29.0 Å². The molecule has 2 aromatic heterocycles. The van der Waals surface area contributed by atoms with E-state index in [1.807, 2.05) is 16.8 Å². The number of fused-ring (bicyclic) bond motifs is 2. The average Bonchev–Trinajstić information content (AvgIpc) is 3.15. The molecule has 1 aromatic carbocycles. The summed E-state index contributed by atoms with van der Waals surface area (Å²) in [5.74, 6) is 0.693. The van der Waals surface area contributed by atoms with Crippen molar-refractivity contribution in [3.63, 3.8) is 0 Å². The van der Waals surface area contributed by atoms with Crippen molar-refractivity contribution in [3.05, 3.63) is 41.7 Å². The van der Waals surface area contributed by atoms with Gasteiger partial charge in [0.25, 0.3) is 0 Å². The number of rotatable bonds is 4. The van der Waals surface area contributed by atoms with Gasteiger partial charge in [-0.25, -0.2) is 18.7 Å². The lowest BCUT2D eigenvalue weighted by atomic mass is 10.1. The zero-order valence-corrected chi connectivity index (χ0v) is 19.1. The highest BCUT2D eigenvalue weighted by Gasteiger charge is 2.25. The van der Waals surface area contributed by atoms with Gasteiger partial charge < -0.3 is 10.2 Å². The van der Waals surface area contributed by atoms with Crippen LogP contribution in [0.25, 0.3) is 11.3 Å². The third-order valence-electron chi connectivity index (χ3n) is 5.78. The summed E-state index contributed by atoms with van der Waals surface area (Å²) in [6.45, 7) is 7.50. The van der Waals surface area contributed by atoms with Crippen molar-refractivity contribution in [2.24, 2.45) is 0 Å². The van der Waals surface area contributed by atoms with Gasteiger partial charge in [-0.2, -0.15) is 5.10 Å². The Morgan fingerprint density at radius 3 is 2.75 bits per heavy atom. The summed E-state index contributed by atoms with van der Waals surface area (Å²) >= 11 is 1.49. The number of hydrogen-bond donors (Lipinski definition) is 1. The molecule has 1 N–H and O–H groups in total. The third kappa shape index (κ3) is 3.93. The Labute approximate surface area is 189 Å². The van der Waals surface area contributed by atoms with E-state index in [9.17, 15) is 8.78 Å². The summed E-state index contributed by atoms with van der Waals surface area (Å²) in [5, 5.41) is 7.61. The van der Waals surface area contributed by atoms with Gasteiger partial charge in [0.1, 0.15) is 11.5 Å². The Kier molecular flexibility index (Phi) is 5.50. The molecule has 2 aliphatic rings. The molecule has 10 heteroatoms. The molecule has 4 heterocycles. The quantitative estimate of drug-likeness (QED) is 0.632. The van der Waals surface area contributed by atoms with Gasteiger partial charge in [0, 0.05) is 43.1 Å². The van der Waals surface area contributed by atoms with Crippen LogP contribution in [0, 0.1) is 11.6 Å². The maximum Gasteiger partial charge on any atom is 0.229 e. The monoisotopic (exact) mass is 457 g/mol. The summed E-state index contributed by atoms with van der Waals surface area (Å²) in [6.07, 6.45) is 1.11. The van der Waals surface area contributed by atoms with E-state index >= 15 is 0 Å². The molecule has 0 aliphatic carbocycles. The molecule has 3 aromatic rings. The predicted octanol–water partition coefficient (Wildman–Crippen LogP) is 4.13. The number of nitrogens with one attached hydrogen (secondary N) is 1. The van der Waals surface area contributed by atoms with E-state index < -0.39 is 5.82 Å². The van der Waals surface area contributed by atoms with Gasteiger partial charge in [-0.05, 0) is 33.0 Å². The normalized spacial score (nSPS) is 16.2. The number of anilines is 3. The van der Waals surface area contributed by atoms with E-state index in [0.29, 0.717) is 16.3 Å². The van der Waals surface area contributed by atoms with Crippen LogP contribution in [0.2, 0.25) is 0 Å². The number of nitrogens with zero attached hydrogens (tertiary/aromatic N) is 6. The molecule has 0 fully saturated rings. The molecule has 168 valence electrons. The van der Waals surface area contributed by atoms with Gasteiger partial charge >= 0.3 is 0 Å². The highest BCUT2D eigenvalue weighted by Crippen LogP contribution is 2.41. The summed E-state index contributed by atoms with van der Waals surface area (Å²) in [4.78, 5) is 13.4. The standard InChI is InChI=1S/C22H25F2N7S/c1-13(2)30-6-7-32-21-16(23)8-14(9-18(21)30)20-17(24)11-25-22(27-20)26-19-10-15-12-29(3)4-5-31(15)28-19/h8-11,13H,4-7,12H2,1-3H3,(H,25,26,27,28). The fraction of sp³-hybridized carbons (Fsp3) is 0.409. The van der Waals surface area contributed by atoms with Crippen molar-refractivity contribution in [3.8, 4) is 11.3 Å². The molecule has 0 bridgehead atoms. The second kappa shape index (κ2) is 8.32. The molecule has 7 nitrogen and oxygen atoms in total. The maximum absolute atomic E-state index is 15.0. The topological polar surface area (TPSA) is 62.1 Å². The summed E-state index contributed by atoms with van der Waals surface area (Å²) in [5.41, 5.74) is 2.33. The van der Waals surface area contributed by atoms with E-state index in [4.69, 9.17) is 0 Å². The van der Waals surface area contributed by atoms with E-state index in [-0.39, 0.29) is 23.5 Å². The smallest absolute Gasteiger partial charge is 0.229 e. The van der Waals surface area contributed by atoms with Crippen LogP contribution in [0.4, 0.5) is 26.2 Å². The highest BCUT2D eigenvalue weighted by atomic mass is 32.2. The molecular formula is C22H25F2N7S. The van der Waals surface area contributed by atoms with Crippen molar-refractivity contribution in [1.82, 2.24) is 24.6 Å². The Morgan fingerprint density at radius 2 is 1.94 bits per heavy atom. The SMILES string of the molecule is CC(C)N1CCSc2c(F)cc(-c3nc(Nc4cc5n(n4)CCN(C)C5)ncc3F)cc21. The zero-order chi connectivity index (χ0) is 22.4. The van der Waals surface area contributed by atoms with E-state index in [0.717, 1.165) is 49.5 Å². The van der Waals surface area contributed by atoms with Crippen LogP contribution in [0.5, 0.6) is 0 Å². The molecule has 0 amide bonds. The van der Waals surface area contributed by atoms with Gasteiger partial charge in [0.15, 0.2) is 11.6 Å². The Bertz CT molecular complexity index is 1160. The summed E-state index contributed by atoms with van der Waals surface area (Å²) < 4.78 is 31.6. The van der Waals surface area contributed by atoms with Gasteiger partial charge in [-0.15, -0.1) is 11.8 Å². The van der Waals surface area contributed by atoms with E-state index in [1.165, 1.54) is 17.8 Å². The zero-order valence-electron chi connectivity index (χ0n) is 18.3. The lowest BCUT2D eigenvalue weighted by molar-refractivity contribution is 0.259. The third-order valence-corrected chi connectivity index (χ3v) is 6.86. The van der Waals surface area contributed by atoms with Crippen LogP contribution < -0.4 is 10.2 Å². The molecule has 5 rings (SSSR count). The number of halogens is 2. The first kappa shape index (κ1) is 21.1. The molecule has 0 saturated heterocycles. The summed E-state index contributed by atoms with van der Waals surface area (Å²) in [6, 6.07) is 5.34. The van der Waals surface area contributed by atoms with Crippen LogP contribution in [0.1, 0.15) is 19.5 Å². The van der Waals surface area contributed by atoms with Crippen molar-refractivity contribution in [2.45, 2.75) is 37.9 Å². The first-order chi connectivity index (χ1) is 15.4. The molecule has 0 spiro atoms. The fourth-order valence-corrected chi connectivity index (χ4v) is 5.19. The molecule has 0 radical (unpaired) electrons. The molecule has 0 saturated carbocycles.